The summed E-state index contributed by atoms with van der Waals surface area (Å²) >= 11 is 0. The van der Waals surface area contributed by atoms with Crippen molar-refractivity contribution in [3.63, 3.8) is 0 Å². The Balaban J connectivity index is 2.68. The first-order chi connectivity index (χ1) is 8.06. The van der Waals surface area contributed by atoms with E-state index in [1.165, 1.54) is 0 Å². The number of benzene rings is 1. The van der Waals surface area contributed by atoms with Gasteiger partial charge in [0.15, 0.2) is 0 Å². The minimum atomic E-state index is -0.838. The zero-order valence-corrected chi connectivity index (χ0v) is 10.1. The van der Waals surface area contributed by atoms with Crippen molar-refractivity contribution in [2.24, 2.45) is 5.92 Å². The minimum Gasteiger partial charge on any atom is -0.481 e. The van der Waals surface area contributed by atoms with Gasteiger partial charge in [-0.25, -0.2) is 0 Å². The fourth-order valence-electron chi connectivity index (χ4n) is 1.62. The Morgan fingerprint density at radius 3 is 2.35 bits per heavy atom. The lowest BCUT2D eigenvalue weighted by Gasteiger charge is -2.24. The van der Waals surface area contributed by atoms with E-state index in [1.807, 2.05) is 37.3 Å². The third-order valence-electron chi connectivity index (χ3n) is 2.99. The third-order valence-corrected chi connectivity index (χ3v) is 2.99. The molecule has 0 fully saturated rings. The molecule has 1 rings (SSSR count). The van der Waals surface area contributed by atoms with Crippen LogP contribution in [0.2, 0.25) is 0 Å². The van der Waals surface area contributed by atoms with Gasteiger partial charge in [-0.15, -0.1) is 0 Å². The Morgan fingerprint density at radius 2 is 1.88 bits per heavy atom. The Bertz CT molecular complexity index is 353. The van der Waals surface area contributed by atoms with Gasteiger partial charge in [0.1, 0.15) is 0 Å². The van der Waals surface area contributed by atoms with E-state index in [0.717, 1.165) is 5.56 Å². The molecule has 0 bridgehead atoms. The van der Waals surface area contributed by atoms with Crippen molar-refractivity contribution >= 4 is 5.97 Å². The number of hydrogen-bond donors (Lipinski definition) is 3. The average Bonchev–Trinajstić information content (AvgIpc) is 2.35. The topological polar surface area (TPSA) is 69.6 Å². The molecule has 0 aliphatic heterocycles. The van der Waals surface area contributed by atoms with Crippen molar-refractivity contribution in [1.82, 2.24) is 5.32 Å². The molecular weight excluding hydrogens is 218 g/mol. The van der Waals surface area contributed by atoms with Crippen molar-refractivity contribution in [2.45, 2.75) is 25.9 Å². The Hall–Kier alpha value is -1.39. The molecule has 3 N–H and O–H groups in total. The van der Waals surface area contributed by atoms with Gasteiger partial charge in [-0.05, 0) is 12.5 Å². The fraction of sp³-hybridized carbons (Fsp3) is 0.462. The van der Waals surface area contributed by atoms with Gasteiger partial charge in [0, 0.05) is 6.04 Å². The Kier molecular flexibility index (Phi) is 5.12. The number of aliphatic hydroxyl groups excluding tert-OH is 1. The summed E-state index contributed by atoms with van der Waals surface area (Å²) in [6.45, 7) is 3.41. The van der Waals surface area contributed by atoms with Gasteiger partial charge in [0.05, 0.1) is 18.6 Å². The van der Waals surface area contributed by atoms with E-state index >= 15 is 0 Å². The summed E-state index contributed by atoms with van der Waals surface area (Å²) in [5.74, 6) is -1.33. The normalized spacial score (nSPS) is 16.2. The first-order valence-electron chi connectivity index (χ1n) is 5.71. The summed E-state index contributed by atoms with van der Waals surface area (Å²) in [6, 6.07) is 9.08. The van der Waals surface area contributed by atoms with E-state index in [-0.39, 0.29) is 18.7 Å². The van der Waals surface area contributed by atoms with Crippen LogP contribution in [0.25, 0.3) is 0 Å². The summed E-state index contributed by atoms with van der Waals surface area (Å²) in [7, 11) is 0. The SMILES string of the molecule is CC(NC(CO)c1ccccc1)C(C)C(=O)O. The van der Waals surface area contributed by atoms with Crippen LogP contribution in [-0.4, -0.2) is 28.8 Å². The lowest BCUT2D eigenvalue weighted by molar-refractivity contribution is -0.142. The molecule has 1 aromatic carbocycles. The third kappa shape index (κ3) is 3.84. The summed E-state index contributed by atoms with van der Waals surface area (Å²) in [4.78, 5) is 10.8. The molecule has 0 aliphatic rings. The predicted molar refractivity (Wildman–Crippen MR) is 65.7 cm³/mol. The highest BCUT2D eigenvalue weighted by Gasteiger charge is 2.22. The van der Waals surface area contributed by atoms with Crippen LogP contribution in [0.5, 0.6) is 0 Å². The molecule has 0 aliphatic carbocycles. The van der Waals surface area contributed by atoms with Gasteiger partial charge in [0.25, 0.3) is 0 Å². The highest BCUT2D eigenvalue weighted by atomic mass is 16.4. The summed E-state index contributed by atoms with van der Waals surface area (Å²) in [6.07, 6.45) is 0. The molecule has 94 valence electrons. The molecule has 0 aromatic heterocycles. The number of aliphatic carboxylic acids is 1. The molecule has 4 heteroatoms. The highest BCUT2D eigenvalue weighted by Crippen LogP contribution is 2.14. The first kappa shape index (κ1) is 13.7. The standard InChI is InChI=1S/C13H19NO3/c1-9(13(16)17)10(2)14-12(8-15)11-6-4-3-5-7-11/h3-7,9-10,12,14-15H,8H2,1-2H3,(H,16,17). The smallest absolute Gasteiger partial charge is 0.307 e. The van der Waals surface area contributed by atoms with Crippen LogP contribution < -0.4 is 5.32 Å². The zero-order chi connectivity index (χ0) is 12.8. The number of carboxylic acid groups (broad SMARTS) is 1. The lowest BCUT2D eigenvalue weighted by atomic mass is 10.0. The van der Waals surface area contributed by atoms with Crippen LogP contribution >= 0.6 is 0 Å². The van der Waals surface area contributed by atoms with Gasteiger partial charge in [0.2, 0.25) is 0 Å². The largest absolute Gasteiger partial charge is 0.481 e. The Labute approximate surface area is 101 Å². The summed E-state index contributed by atoms with van der Waals surface area (Å²) < 4.78 is 0. The first-order valence-corrected chi connectivity index (χ1v) is 5.71. The molecule has 1 aromatic rings. The van der Waals surface area contributed by atoms with Crippen molar-refractivity contribution in [1.29, 1.82) is 0 Å². The van der Waals surface area contributed by atoms with Gasteiger partial charge in [-0.3, -0.25) is 4.79 Å². The van der Waals surface area contributed by atoms with E-state index in [1.54, 1.807) is 6.92 Å². The monoisotopic (exact) mass is 237 g/mol. The summed E-state index contributed by atoms with van der Waals surface area (Å²) in [5.41, 5.74) is 0.958. The van der Waals surface area contributed by atoms with E-state index in [4.69, 9.17) is 5.11 Å². The fourth-order valence-corrected chi connectivity index (χ4v) is 1.62. The summed E-state index contributed by atoms with van der Waals surface area (Å²) in [5, 5.41) is 21.4. The maximum absolute atomic E-state index is 10.8. The quantitative estimate of drug-likeness (QED) is 0.700. The van der Waals surface area contributed by atoms with E-state index in [0.29, 0.717) is 0 Å². The Morgan fingerprint density at radius 1 is 1.29 bits per heavy atom. The van der Waals surface area contributed by atoms with Crippen molar-refractivity contribution in [2.75, 3.05) is 6.61 Å². The molecule has 0 saturated carbocycles. The number of hydrogen-bond acceptors (Lipinski definition) is 3. The highest BCUT2D eigenvalue weighted by molar-refractivity contribution is 5.70. The lowest BCUT2D eigenvalue weighted by Crippen LogP contribution is -2.39. The van der Waals surface area contributed by atoms with E-state index in [9.17, 15) is 9.90 Å². The maximum atomic E-state index is 10.8. The van der Waals surface area contributed by atoms with Gasteiger partial charge in [-0.1, -0.05) is 37.3 Å². The number of carbonyl (C=O) groups is 1. The molecule has 3 unspecified atom stereocenters. The molecule has 0 saturated heterocycles. The van der Waals surface area contributed by atoms with Crippen LogP contribution in [0.15, 0.2) is 30.3 Å². The molecule has 0 heterocycles. The molecule has 0 amide bonds. The van der Waals surface area contributed by atoms with Crippen LogP contribution in [0, 0.1) is 5.92 Å². The van der Waals surface area contributed by atoms with Crippen molar-refractivity contribution in [3.8, 4) is 0 Å². The van der Waals surface area contributed by atoms with Crippen molar-refractivity contribution < 1.29 is 15.0 Å². The predicted octanol–water partition coefficient (Wildman–Crippen LogP) is 1.42. The van der Waals surface area contributed by atoms with Crippen LogP contribution in [0.1, 0.15) is 25.5 Å². The van der Waals surface area contributed by atoms with E-state index in [2.05, 4.69) is 5.32 Å². The van der Waals surface area contributed by atoms with Crippen LogP contribution in [0.4, 0.5) is 0 Å². The molecular formula is C13H19NO3. The van der Waals surface area contributed by atoms with Crippen LogP contribution in [0.3, 0.4) is 0 Å². The zero-order valence-electron chi connectivity index (χ0n) is 10.1. The van der Waals surface area contributed by atoms with Gasteiger partial charge in [-0.2, -0.15) is 0 Å². The molecule has 4 nitrogen and oxygen atoms in total. The van der Waals surface area contributed by atoms with E-state index < -0.39 is 11.9 Å². The number of rotatable bonds is 6. The molecule has 0 radical (unpaired) electrons. The van der Waals surface area contributed by atoms with Crippen molar-refractivity contribution in [3.05, 3.63) is 35.9 Å². The maximum Gasteiger partial charge on any atom is 0.307 e. The molecule has 3 atom stereocenters. The number of nitrogens with one attached hydrogen (secondary N) is 1. The molecule has 17 heavy (non-hydrogen) atoms. The molecule has 0 spiro atoms. The van der Waals surface area contributed by atoms with Crippen LogP contribution in [-0.2, 0) is 4.79 Å². The van der Waals surface area contributed by atoms with Gasteiger partial charge < -0.3 is 15.5 Å². The number of aliphatic hydroxyl groups is 1. The average molecular weight is 237 g/mol. The second kappa shape index (κ2) is 6.37. The van der Waals surface area contributed by atoms with Gasteiger partial charge >= 0.3 is 5.97 Å². The number of carboxylic acids is 1. The second-order valence-electron chi connectivity index (χ2n) is 4.23. The second-order valence-corrected chi connectivity index (χ2v) is 4.23. The minimum absolute atomic E-state index is 0.0549.